The van der Waals surface area contributed by atoms with Crippen LogP contribution in [-0.4, -0.2) is 221 Å². The fourth-order valence-corrected chi connectivity index (χ4v) is 14.3. The van der Waals surface area contributed by atoms with Gasteiger partial charge >= 0.3 is 6.18 Å². The third-order valence-electron chi connectivity index (χ3n) is 20.2. The van der Waals surface area contributed by atoms with Crippen LogP contribution in [0.25, 0.3) is 0 Å². The number of likely N-dealkylation sites (N-methyl/N-ethyl adjacent to an activating group) is 6. The van der Waals surface area contributed by atoms with E-state index in [2.05, 4.69) is 16.0 Å². The second kappa shape index (κ2) is 32.1. The predicted molar refractivity (Wildman–Crippen MR) is 330 cm³/mol. The molecule has 0 aromatic heterocycles. The standard InChI is InChI=1S/C64H104ClF3N10O11/c1-15-39(6)54-60(87)74(11)36-53(82)72(9)34-50(79)41(8)44(32-42-20-18-21-42)58(85)73(10)35-51(80)69-47(26-24-43-23-25-45(46(65)33-43)64(66,67)68)59(86)78-29-19-22-48(78)57(84)71-63(27-16-17-28-63)62(89)77(14)55(38(4)5)61(88)75(12)40(7)31-52(81)76(13)49(30-37(2)3)56(83)70-54/h37-49,54-55H,15-36H2,1-14H3,(H,69,80)(H,70,83)(H,71,84)/t39-,40+,41?,43?,44+,45?,46?,47-,48-,49-,54-,55-/m0/s1. The number of fused-ring (bicyclic) bond motifs is 1. The van der Waals surface area contributed by atoms with Gasteiger partial charge in [0.05, 0.1) is 25.6 Å². The smallest absolute Gasteiger partial charge is 0.343 e. The van der Waals surface area contributed by atoms with Gasteiger partial charge in [0.1, 0.15) is 35.7 Å². The number of carbonyl (C=O) groups excluding carboxylic acids is 11. The zero-order valence-corrected chi connectivity index (χ0v) is 56.1. The van der Waals surface area contributed by atoms with Crippen molar-refractivity contribution in [3.05, 3.63) is 0 Å². The van der Waals surface area contributed by atoms with Crippen LogP contribution in [-0.2, 0) is 52.7 Å². The number of halogens is 4. The Bertz CT molecular complexity index is 2550. The normalized spacial score (nSPS) is 30.7. The molecule has 12 atom stereocenters. The molecule has 504 valence electrons. The van der Waals surface area contributed by atoms with Gasteiger partial charge in [0.25, 0.3) is 0 Å². The Morgan fingerprint density at radius 3 is 1.84 bits per heavy atom. The summed E-state index contributed by atoms with van der Waals surface area (Å²) < 4.78 is 41.6. The molecule has 21 nitrogen and oxygen atoms in total. The van der Waals surface area contributed by atoms with Gasteiger partial charge in [0, 0.05) is 78.5 Å². The van der Waals surface area contributed by atoms with Crippen LogP contribution < -0.4 is 16.0 Å². The highest BCUT2D eigenvalue weighted by Crippen LogP contribution is 2.44. The second-order valence-corrected chi connectivity index (χ2v) is 28.2. The molecule has 2 heterocycles. The van der Waals surface area contributed by atoms with Gasteiger partial charge < -0.3 is 50.2 Å². The van der Waals surface area contributed by atoms with Gasteiger partial charge in [-0.1, -0.05) is 87.0 Å². The Hall–Kier alpha value is -5.55. The summed E-state index contributed by atoms with van der Waals surface area (Å²) in [6.07, 6.45) is 1.21. The summed E-state index contributed by atoms with van der Waals surface area (Å²) in [5.41, 5.74) is -1.47. The Kier molecular flexibility index (Phi) is 26.8. The second-order valence-electron chi connectivity index (χ2n) is 27.7. The van der Waals surface area contributed by atoms with E-state index in [1.165, 1.54) is 76.6 Å². The van der Waals surface area contributed by atoms with Crippen molar-refractivity contribution in [2.45, 2.75) is 224 Å². The molecule has 89 heavy (non-hydrogen) atoms. The summed E-state index contributed by atoms with van der Waals surface area (Å²) in [5.74, 6) is -10.9. The first-order chi connectivity index (χ1) is 41.5. The molecule has 1 spiro atoms. The van der Waals surface area contributed by atoms with Crippen LogP contribution in [0.4, 0.5) is 13.2 Å². The van der Waals surface area contributed by atoms with E-state index >= 15 is 9.59 Å². The monoisotopic (exact) mass is 1280 g/mol. The maximum atomic E-state index is 15.1. The summed E-state index contributed by atoms with van der Waals surface area (Å²) in [5, 5.41) is 7.55. The SMILES string of the molecule is CC[C@H](C)[C@@H]1NC(=O)[C@H](CC(C)C)N(C)C(=O)C[C@@H](C)N(C)C(=O)[C@H](C(C)C)N(C)C(=O)C2(CCCC2)NC(=O)[C@@H]2CCCN2C(=O)[C@H](CCC2CCC(C(F)(F)F)C(Cl)C2)NC(=O)CN(C)C(=O)[C@H](CC2CCC2)C(C)C(=O)CN(C)C(=O)CN(C)C1=O. The van der Waals surface area contributed by atoms with Gasteiger partial charge in [-0.2, -0.15) is 13.2 Å². The lowest BCUT2D eigenvalue weighted by Gasteiger charge is -2.41. The molecule has 3 saturated carbocycles. The van der Waals surface area contributed by atoms with E-state index < -0.39 is 167 Å². The number of hydrogen-bond acceptors (Lipinski definition) is 11. The fraction of sp³-hybridized carbons (Fsp3) is 0.828. The lowest BCUT2D eigenvalue weighted by atomic mass is 9.74. The Morgan fingerprint density at radius 1 is 0.652 bits per heavy atom. The third-order valence-corrected chi connectivity index (χ3v) is 20.6. The first kappa shape index (κ1) is 74.2. The van der Waals surface area contributed by atoms with E-state index in [9.17, 15) is 56.3 Å². The predicted octanol–water partition coefficient (Wildman–Crippen LogP) is 5.78. The Morgan fingerprint density at radius 2 is 1.28 bits per heavy atom. The summed E-state index contributed by atoms with van der Waals surface area (Å²) >= 11 is 6.35. The lowest BCUT2D eigenvalue weighted by molar-refractivity contribution is -0.182. The van der Waals surface area contributed by atoms with Crippen LogP contribution in [0, 0.1) is 47.3 Å². The molecular formula is C64H104ClF3N10O11. The van der Waals surface area contributed by atoms with E-state index in [1.807, 2.05) is 20.8 Å². The first-order valence-electron chi connectivity index (χ1n) is 32.5. The van der Waals surface area contributed by atoms with Crippen LogP contribution in [0.5, 0.6) is 0 Å². The molecule has 0 aromatic rings. The topological polar surface area (TPSA) is 247 Å². The Balaban J connectivity index is 1.52. The van der Waals surface area contributed by atoms with Gasteiger partial charge in [-0.05, 0) is 107 Å². The maximum Gasteiger partial charge on any atom is 0.393 e. The average molecular weight is 1280 g/mol. The molecule has 0 aromatic carbocycles. The molecule has 2 saturated heterocycles. The number of nitrogens with zero attached hydrogens (tertiary/aromatic N) is 7. The molecule has 3 aliphatic carbocycles. The van der Waals surface area contributed by atoms with Crippen LogP contribution in [0.15, 0.2) is 0 Å². The number of amides is 10. The molecular weight excluding hydrogens is 1180 g/mol. The van der Waals surface area contributed by atoms with E-state index in [0.29, 0.717) is 32.1 Å². The van der Waals surface area contributed by atoms with Crippen LogP contribution in [0.2, 0.25) is 0 Å². The van der Waals surface area contributed by atoms with E-state index in [4.69, 9.17) is 11.6 Å². The van der Waals surface area contributed by atoms with Gasteiger partial charge in [-0.3, -0.25) is 52.7 Å². The van der Waals surface area contributed by atoms with Crippen molar-refractivity contribution < 1.29 is 65.9 Å². The van der Waals surface area contributed by atoms with Crippen molar-refractivity contribution in [3.8, 4) is 0 Å². The zero-order valence-electron chi connectivity index (χ0n) is 55.3. The lowest BCUT2D eigenvalue weighted by Crippen LogP contribution is -2.64. The van der Waals surface area contributed by atoms with Crippen molar-refractivity contribution in [1.29, 1.82) is 0 Å². The molecule has 4 unspecified atom stereocenters. The van der Waals surface area contributed by atoms with Crippen LogP contribution in [0.3, 0.4) is 0 Å². The van der Waals surface area contributed by atoms with Crippen LogP contribution >= 0.6 is 11.6 Å². The van der Waals surface area contributed by atoms with E-state index in [0.717, 1.165) is 19.3 Å². The third kappa shape index (κ3) is 18.8. The van der Waals surface area contributed by atoms with Gasteiger partial charge in [-0.25, -0.2) is 0 Å². The summed E-state index contributed by atoms with van der Waals surface area (Å²) in [4.78, 5) is 169. The zero-order chi connectivity index (χ0) is 66.7. The summed E-state index contributed by atoms with van der Waals surface area (Å²) in [7, 11) is 8.77. The molecule has 5 fully saturated rings. The van der Waals surface area contributed by atoms with Gasteiger partial charge in [0.2, 0.25) is 59.1 Å². The number of Topliss-reactive ketones (excluding diaryl/α,β-unsaturated/α-hetero) is 1. The molecule has 5 aliphatic rings. The minimum atomic E-state index is -4.49. The van der Waals surface area contributed by atoms with E-state index in [1.54, 1.807) is 34.6 Å². The summed E-state index contributed by atoms with van der Waals surface area (Å²) in [6, 6.07) is -6.38. The van der Waals surface area contributed by atoms with Gasteiger partial charge in [-0.15, -0.1) is 11.6 Å². The number of alkyl halides is 4. The molecule has 2 aliphatic heterocycles. The van der Waals surface area contributed by atoms with Crippen molar-refractivity contribution >= 4 is 76.5 Å². The van der Waals surface area contributed by atoms with Crippen molar-refractivity contribution in [1.82, 2.24) is 50.2 Å². The average Bonchev–Trinajstić information content (AvgIpc) is 3.85. The molecule has 10 amide bonds. The molecule has 3 N–H and O–H groups in total. The van der Waals surface area contributed by atoms with Crippen molar-refractivity contribution in [2.24, 2.45) is 47.3 Å². The van der Waals surface area contributed by atoms with Crippen LogP contribution in [0.1, 0.15) is 171 Å². The van der Waals surface area contributed by atoms with Gasteiger partial charge in [0.15, 0.2) is 5.78 Å². The highest BCUT2D eigenvalue weighted by atomic mass is 35.5. The molecule has 5 rings (SSSR count). The minimum Gasteiger partial charge on any atom is -0.343 e. The summed E-state index contributed by atoms with van der Waals surface area (Å²) in [6.45, 7) is 12.9. The number of hydrogen-bond donors (Lipinski definition) is 3. The number of carbonyl (C=O) groups is 11. The Labute approximate surface area is 530 Å². The molecule has 0 radical (unpaired) electrons. The first-order valence-corrected chi connectivity index (χ1v) is 33.0. The molecule has 25 heteroatoms. The van der Waals surface area contributed by atoms with E-state index in [-0.39, 0.29) is 88.5 Å². The van der Waals surface area contributed by atoms with Crippen molar-refractivity contribution in [2.75, 3.05) is 68.5 Å². The number of rotatable bonds is 10. The van der Waals surface area contributed by atoms with Crippen molar-refractivity contribution in [3.63, 3.8) is 0 Å². The minimum absolute atomic E-state index is 0.0194. The quantitative estimate of drug-likeness (QED) is 0.221. The maximum absolute atomic E-state index is 15.1. The number of nitrogens with one attached hydrogen (secondary N) is 3. The highest BCUT2D eigenvalue weighted by molar-refractivity contribution is 6.20. The highest BCUT2D eigenvalue weighted by Gasteiger charge is 2.51. The number of ketones is 1. The largest absolute Gasteiger partial charge is 0.393 e. The fourth-order valence-electron chi connectivity index (χ4n) is 13.7. The molecule has 0 bridgehead atoms.